The maximum atomic E-state index is 5.69. The van der Waals surface area contributed by atoms with Crippen molar-refractivity contribution in [3.8, 4) is 0 Å². The molecule has 0 radical (unpaired) electrons. The standard InChI is InChI=1S/C15H31N3O/c16-7-4-8-18(15-5-2-1-3-6-15)10-9-17-11-13-19-14-12-17/h15H,1-14,16H2. The third kappa shape index (κ3) is 5.38. The normalized spacial score (nSPS) is 23.1. The van der Waals surface area contributed by atoms with Crippen LogP contribution in [0.3, 0.4) is 0 Å². The van der Waals surface area contributed by atoms with E-state index in [1.807, 2.05) is 0 Å². The molecule has 0 aromatic rings. The summed E-state index contributed by atoms with van der Waals surface area (Å²) in [4.78, 5) is 5.25. The number of rotatable bonds is 7. The quantitative estimate of drug-likeness (QED) is 0.756. The SMILES string of the molecule is NCCCN(CCN1CCOCC1)C1CCCCC1. The summed E-state index contributed by atoms with van der Waals surface area (Å²) in [6.07, 6.45) is 8.20. The minimum Gasteiger partial charge on any atom is -0.379 e. The van der Waals surface area contributed by atoms with E-state index in [9.17, 15) is 0 Å². The van der Waals surface area contributed by atoms with Crippen LogP contribution in [0, 0.1) is 0 Å². The molecule has 0 amide bonds. The molecule has 0 unspecified atom stereocenters. The molecule has 4 heteroatoms. The highest BCUT2D eigenvalue weighted by molar-refractivity contribution is 4.77. The Morgan fingerprint density at radius 3 is 2.47 bits per heavy atom. The van der Waals surface area contributed by atoms with Crippen molar-refractivity contribution in [3.05, 3.63) is 0 Å². The molecule has 0 aromatic heterocycles. The molecule has 4 nitrogen and oxygen atoms in total. The first kappa shape index (κ1) is 15.2. The van der Waals surface area contributed by atoms with Gasteiger partial charge in [0.05, 0.1) is 13.2 Å². The molecule has 1 saturated carbocycles. The molecular weight excluding hydrogens is 238 g/mol. The lowest BCUT2D eigenvalue weighted by atomic mass is 9.94. The Kier molecular flexibility index (Phi) is 7.14. The van der Waals surface area contributed by atoms with Crippen LogP contribution in [0.25, 0.3) is 0 Å². The zero-order valence-electron chi connectivity index (χ0n) is 12.4. The maximum absolute atomic E-state index is 5.69. The van der Waals surface area contributed by atoms with Gasteiger partial charge in [-0.3, -0.25) is 9.80 Å². The number of morpholine rings is 1. The van der Waals surface area contributed by atoms with Gasteiger partial charge >= 0.3 is 0 Å². The molecule has 2 N–H and O–H groups in total. The van der Waals surface area contributed by atoms with Crippen LogP contribution >= 0.6 is 0 Å². The van der Waals surface area contributed by atoms with Gasteiger partial charge in [0, 0.05) is 32.2 Å². The van der Waals surface area contributed by atoms with E-state index in [4.69, 9.17) is 10.5 Å². The fourth-order valence-electron chi connectivity index (χ4n) is 3.31. The van der Waals surface area contributed by atoms with Crippen LogP contribution in [0.4, 0.5) is 0 Å². The molecule has 0 aromatic carbocycles. The molecule has 1 saturated heterocycles. The maximum Gasteiger partial charge on any atom is 0.0594 e. The van der Waals surface area contributed by atoms with Crippen LogP contribution in [0.2, 0.25) is 0 Å². The number of hydrogen-bond donors (Lipinski definition) is 1. The van der Waals surface area contributed by atoms with E-state index in [2.05, 4.69) is 9.80 Å². The first-order chi connectivity index (χ1) is 9.40. The van der Waals surface area contributed by atoms with E-state index in [1.54, 1.807) is 0 Å². The summed E-state index contributed by atoms with van der Waals surface area (Å²) in [6.45, 7) is 8.45. The molecular formula is C15H31N3O. The second kappa shape index (κ2) is 8.90. The lowest BCUT2D eigenvalue weighted by Crippen LogP contribution is -2.45. The fourth-order valence-corrected chi connectivity index (χ4v) is 3.31. The van der Waals surface area contributed by atoms with E-state index in [-0.39, 0.29) is 0 Å². The molecule has 1 aliphatic carbocycles. The number of nitrogens with two attached hydrogens (primary N) is 1. The molecule has 112 valence electrons. The van der Waals surface area contributed by atoms with E-state index in [0.29, 0.717) is 0 Å². The molecule has 1 aliphatic heterocycles. The Bertz CT molecular complexity index is 225. The second-order valence-corrected chi connectivity index (χ2v) is 5.92. The minimum absolute atomic E-state index is 0.820. The summed E-state index contributed by atoms with van der Waals surface area (Å²) >= 11 is 0. The van der Waals surface area contributed by atoms with Gasteiger partial charge in [0.1, 0.15) is 0 Å². The minimum atomic E-state index is 0.820. The van der Waals surface area contributed by atoms with E-state index < -0.39 is 0 Å². The highest BCUT2D eigenvalue weighted by atomic mass is 16.5. The molecule has 1 heterocycles. The van der Waals surface area contributed by atoms with Gasteiger partial charge in [-0.1, -0.05) is 19.3 Å². The third-order valence-corrected chi connectivity index (χ3v) is 4.55. The molecule has 0 spiro atoms. The topological polar surface area (TPSA) is 41.7 Å². The van der Waals surface area contributed by atoms with Gasteiger partial charge in [0.25, 0.3) is 0 Å². The van der Waals surface area contributed by atoms with Gasteiger partial charge in [0.2, 0.25) is 0 Å². The van der Waals surface area contributed by atoms with Crippen LogP contribution in [-0.2, 0) is 4.74 Å². The van der Waals surface area contributed by atoms with Crippen LogP contribution in [0.5, 0.6) is 0 Å². The molecule has 2 aliphatic rings. The molecule has 2 fully saturated rings. The Labute approximate surface area is 118 Å². The van der Waals surface area contributed by atoms with Gasteiger partial charge in [-0.15, -0.1) is 0 Å². The van der Waals surface area contributed by atoms with Crippen molar-refractivity contribution in [2.24, 2.45) is 5.73 Å². The lowest BCUT2D eigenvalue weighted by molar-refractivity contribution is 0.0292. The fraction of sp³-hybridized carbons (Fsp3) is 1.00. The first-order valence-electron chi connectivity index (χ1n) is 8.14. The van der Waals surface area contributed by atoms with Crippen molar-refractivity contribution in [1.29, 1.82) is 0 Å². The van der Waals surface area contributed by atoms with Crippen molar-refractivity contribution in [2.45, 2.75) is 44.6 Å². The number of hydrogen-bond acceptors (Lipinski definition) is 4. The largest absolute Gasteiger partial charge is 0.379 e. The van der Waals surface area contributed by atoms with Crippen LogP contribution in [-0.4, -0.2) is 68.3 Å². The zero-order chi connectivity index (χ0) is 13.3. The van der Waals surface area contributed by atoms with Crippen molar-refractivity contribution in [1.82, 2.24) is 9.80 Å². The van der Waals surface area contributed by atoms with Gasteiger partial charge in [-0.05, 0) is 32.4 Å². The first-order valence-corrected chi connectivity index (χ1v) is 8.14. The highest BCUT2D eigenvalue weighted by Gasteiger charge is 2.21. The van der Waals surface area contributed by atoms with Gasteiger partial charge in [-0.2, -0.15) is 0 Å². The Balaban J connectivity index is 1.74. The van der Waals surface area contributed by atoms with Crippen molar-refractivity contribution in [2.75, 3.05) is 52.5 Å². The zero-order valence-corrected chi connectivity index (χ0v) is 12.4. The smallest absolute Gasteiger partial charge is 0.0594 e. The molecule has 2 rings (SSSR count). The van der Waals surface area contributed by atoms with Crippen molar-refractivity contribution < 1.29 is 4.74 Å². The predicted molar refractivity (Wildman–Crippen MR) is 79.4 cm³/mol. The Morgan fingerprint density at radius 2 is 1.79 bits per heavy atom. The van der Waals surface area contributed by atoms with E-state index in [1.165, 1.54) is 51.7 Å². The second-order valence-electron chi connectivity index (χ2n) is 5.92. The summed E-state index contributed by atoms with van der Waals surface area (Å²) in [5, 5.41) is 0. The summed E-state index contributed by atoms with van der Waals surface area (Å²) < 4.78 is 5.42. The molecule has 19 heavy (non-hydrogen) atoms. The summed E-state index contributed by atoms with van der Waals surface area (Å²) in [5.41, 5.74) is 5.69. The van der Waals surface area contributed by atoms with E-state index in [0.717, 1.165) is 45.3 Å². The van der Waals surface area contributed by atoms with Crippen molar-refractivity contribution >= 4 is 0 Å². The lowest BCUT2D eigenvalue weighted by Gasteiger charge is -2.36. The highest BCUT2D eigenvalue weighted by Crippen LogP contribution is 2.22. The Morgan fingerprint density at radius 1 is 1.05 bits per heavy atom. The average Bonchev–Trinajstić information content (AvgIpc) is 2.49. The van der Waals surface area contributed by atoms with Gasteiger partial charge in [0.15, 0.2) is 0 Å². The Hall–Kier alpha value is -0.160. The monoisotopic (exact) mass is 269 g/mol. The molecule has 0 atom stereocenters. The summed E-state index contributed by atoms with van der Waals surface area (Å²) in [6, 6.07) is 0.821. The number of nitrogens with zero attached hydrogens (tertiary/aromatic N) is 2. The van der Waals surface area contributed by atoms with Gasteiger partial charge < -0.3 is 10.5 Å². The van der Waals surface area contributed by atoms with Crippen LogP contribution in [0.15, 0.2) is 0 Å². The average molecular weight is 269 g/mol. The van der Waals surface area contributed by atoms with Crippen LogP contribution < -0.4 is 5.73 Å². The van der Waals surface area contributed by atoms with Gasteiger partial charge in [-0.25, -0.2) is 0 Å². The summed E-state index contributed by atoms with van der Waals surface area (Å²) in [5.74, 6) is 0. The predicted octanol–water partition coefficient (Wildman–Crippen LogP) is 1.30. The van der Waals surface area contributed by atoms with Crippen LogP contribution in [0.1, 0.15) is 38.5 Å². The molecule has 0 bridgehead atoms. The number of ether oxygens (including phenoxy) is 1. The van der Waals surface area contributed by atoms with Crippen molar-refractivity contribution in [3.63, 3.8) is 0 Å². The summed E-state index contributed by atoms with van der Waals surface area (Å²) in [7, 11) is 0. The third-order valence-electron chi connectivity index (χ3n) is 4.55. The van der Waals surface area contributed by atoms with E-state index >= 15 is 0 Å².